The molecular weight excluding hydrogens is 228 g/mol. The molecule has 4 nitrogen and oxygen atoms in total. The van der Waals surface area contributed by atoms with Gasteiger partial charge in [-0.2, -0.15) is 0 Å². The Morgan fingerprint density at radius 3 is 2.50 bits per heavy atom. The van der Waals surface area contributed by atoms with Gasteiger partial charge in [0.2, 0.25) is 0 Å². The number of para-hydroxylation sites is 1. The van der Waals surface area contributed by atoms with Crippen molar-refractivity contribution in [3.63, 3.8) is 0 Å². The van der Waals surface area contributed by atoms with Gasteiger partial charge in [-0.1, -0.05) is 23.7 Å². The highest BCUT2D eigenvalue weighted by atomic mass is 35.5. The number of aliphatic hydroxyl groups excluding tert-OH is 1. The van der Waals surface area contributed by atoms with Gasteiger partial charge >= 0.3 is 0 Å². The molecule has 1 rings (SSSR count). The van der Waals surface area contributed by atoms with Crippen molar-refractivity contribution in [2.24, 2.45) is 5.73 Å². The first-order chi connectivity index (χ1) is 7.50. The molecule has 0 spiro atoms. The fourth-order valence-electron chi connectivity index (χ4n) is 1.21. The Balaban J connectivity index is 2.72. The second-order valence-electron chi connectivity index (χ2n) is 3.66. The average molecular weight is 245 g/mol. The van der Waals surface area contributed by atoms with Crippen LogP contribution in [0, 0.1) is 0 Å². The number of rotatable bonds is 5. The second kappa shape index (κ2) is 6.06. The fourth-order valence-corrected chi connectivity index (χ4v) is 1.39. The van der Waals surface area contributed by atoms with Crippen molar-refractivity contribution in [1.29, 1.82) is 0 Å². The summed E-state index contributed by atoms with van der Waals surface area (Å²) in [4.78, 5) is 0. The zero-order valence-corrected chi connectivity index (χ0v) is 10.1. The van der Waals surface area contributed by atoms with Gasteiger partial charge in [-0.25, -0.2) is 0 Å². The molecule has 1 aromatic carbocycles. The van der Waals surface area contributed by atoms with Crippen LogP contribution in [0.2, 0.25) is 5.02 Å². The predicted molar refractivity (Wildman–Crippen MR) is 64.3 cm³/mol. The minimum atomic E-state index is -0.692. The molecule has 0 bridgehead atoms. The second-order valence-corrected chi connectivity index (χ2v) is 4.07. The van der Waals surface area contributed by atoms with Crippen LogP contribution in [0.3, 0.4) is 0 Å². The Morgan fingerprint density at radius 2 is 2.00 bits per heavy atom. The molecule has 0 radical (unpaired) electrons. The molecule has 3 atom stereocenters. The van der Waals surface area contributed by atoms with E-state index in [9.17, 15) is 5.11 Å². The topological polar surface area (TPSA) is 67.5 Å². The smallest absolute Gasteiger partial charge is 0.177 e. The Bertz CT molecular complexity index is 332. The molecule has 4 N–H and O–H groups in total. The van der Waals surface area contributed by atoms with Crippen molar-refractivity contribution < 1.29 is 9.84 Å². The van der Waals surface area contributed by atoms with Crippen LogP contribution in [-0.2, 0) is 0 Å². The summed E-state index contributed by atoms with van der Waals surface area (Å²) in [7, 11) is 0. The van der Waals surface area contributed by atoms with E-state index in [4.69, 9.17) is 22.1 Å². The molecule has 0 aliphatic heterocycles. The maximum atomic E-state index is 9.53. The first-order valence-electron chi connectivity index (χ1n) is 5.11. The highest BCUT2D eigenvalue weighted by Crippen LogP contribution is 2.24. The molecule has 5 heteroatoms. The molecule has 16 heavy (non-hydrogen) atoms. The Hall–Kier alpha value is -0.810. The number of halogens is 1. The van der Waals surface area contributed by atoms with E-state index in [2.05, 4.69) is 5.32 Å². The summed E-state index contributed by atoms with van der Waals surface area (Å²) in [5.74, 6) is 0.517. The fraction of sp³-hybridized carbons (Fsp3) is 0.455. The van der Waals surface area contributed by atoms with E-state index in [1.807, 2.05) is 12.1 Å². The van der Waals surface area contributed by atoms with Crippen molar-refractivity contribution in [1.82, 2.24) is 5.32 Å². The number of benzene rings is 1. The van der Waals surface area contributed by atoms with E-state index in [0.29, 0.717) is 10.8 Å². The monoisotopic (exact) mass is 244 g/mol. The highest BCUT2D eigenvalue weighted by Gasteiger charge is 2.18. The number of nitrogens with two attached hydrogens (primary N) is 1. The highest BCUT2D eigenvalue weighted by molar-refractivity contribution is 6.32. The summed E-state index contributed by atoms with van der Waals surface area (Å²) in [5, 5.41) is 12.9. The van der Waals surface area contributed by atoms with Crippen LogP contribution in [0.4, 0.5) is 0 Å². The van der Waals surface area contributed by atoms with Gasteiger partial charge in [0.1, 0.15) is 11.9 Å². The van der Waals surface area contributed by atoms with Crippen LogP contribution in [0.15, 0.2) is 24.3 Å². The molecule has 0 aliphatic carbocycles. The third-order valence-electron chi connectivity index (χ3n) is 1.96. The molecule has 0 saturated carbocycles. The largest absolute Gasteiger partial charge is 0.471 e. The Labute approximate surface area is 100 Å². The summed E-state index contributed by atoms with van der Waals surface area (Å²) in [5.41, 5.74) is 5.59. The number of hydrogen-bond acceptors (Lipinski definition) is 4. The minimum Gasteiger partial charge on any atom is -0.471 e. The lowest BCUT2D eigenvalue weighted by Gasteiger charge is -2.25. The van der Waals surface area contributed by atoms with Gasteiger partial charge in [-0.05, 0) is 26.0 Å². The molecule has 0 heterocycles. The minimum absolute atomic E-state index is 0.276. The number of nitrogens with one attached hydrogen (secondary N) is 1. The predicted octanol–water partition coefficient (Wildman–Crippen LogP) is 1.32. The molecule has 3 unspecified atom stereocenters. The zero-order chi connectivity index (χ0) is 12.1. The van der Waals surface area contributed by atoms with E-state index in [-0.39, 0.29) is 6.17 Å². The van der Waals surface area contributed by atoms with Crippen LogP contribution in [0.25, 0.3) is 0 Å². The maximum absolute atomic E-state index is 9.53. The summed E-state index contributed by atoms with van der Waals surface area (Å²) < 4.78 is 5.54. The van der Waals surface area contributed by atoms with Crippen LogP contribution < -0.4 is 15.8 Å². The van der Waals surface area contributed by atoms with Crippen LogP contribution in [0.1, 0.15) is 13.8 Å². The average Bonchev–Trinajstić information content (AvgIpc) is 2.19. The van der Waals surface area contributed by atoms with E-state index in [1.54, 1.807) is 26.0 Å². The summed E-state index contributed by atoms with van der Waals surface area (Å²) in [6.45, 7) is 3.39. The lowest BCUT2D eigenvalue weighted by molar-refractivity contribution is 0.0210. The standard InChI is InChI=1S/C11H17ClN2O2/c1-7(15)11(14-8(2)13)16-10-6-4-3-5-9(10)12/h3-8,11,14-15H,13H2,1-2H3. The van der Waals surface area contributed by atoms with E-state index >= 15 is 0 Å². The summed E-state index contributed by atoms with van der Waals surface area (Å²) in [6.07, 6.45) is -1.55. The van der Waals surface area contributed by atoms with Gasteiger partial charge in [0.15, 0.2) is 6.23 Å². The molecule has 0 aromatic heterocycles. The molecule has 1 aromatic rings. The van der Waals surface area contributed by atoms with Gasteiger partial charge < -0.3 is 15.6 Å². The molecule has 0 fully saturated rings. The van der Waals surface area contributed by atoms with E-state index in [1.165, 1.54) is 0 Å². The summed E-state index contributed by atoms with van der Waals surface area (Å²) in [6, 6.07) is 7.08. The Morgan fingerprint density at radius 1 is 1.38 bits per heavy atom. The molecule has 0 aliphatic rings. The van der Waals surface area contributed by atoms with Gasteiger partial charge in [-0.3, -0.25) is 5.32 Å². The van der Waals surface area contributed by atoms with E-state index in [0.717, 1.165) is 0 Å². The molecule has 0 saturated heterocycles. The normalized spacial score (nSPS) is 16.6. The maximum Gasteiger partial charge on any atom is 0.177 e. The lowest BCUT2D eigenvalue weighted by atomic mass is 10.3. The van der Waals surface area contributed by atoms with E-state index < -0.39 is 12.3 Å². The molecule has 90 valence electrons. The SMILES string of the molecule is CC(N)NC(Oc1ccccc1Cl)C(C)O. The van der Waals surface area contributed by atoms with Crippen molar-refractivity contribution in [2.45, 2.75) is 32.3 Å². The quantitative estimate of drug-likeness (QED) is 0.684. The van der Waals surface area contributed by atoms with Crippen molar-refractivity contribution in [2.75, 3.05) is 0 Å². The third kappa shape index (κ3) is 3.98. The first-order valence-corrected chi connectivity index (χ1v) is 5.49. The molecular formula is C11H17ClN2O2. The van der Waals surface area contributed by atoms with Crippen molar-refractivity contribution in [3.05, 3.63) is 29.3 Å². The number of ether oxygens (including phenoxy) is 1. The van der Waals surface area contributed by atoms with Crippen LogP contribution >= 0.6 is 11.6 Å². The first kappa shape index (κ1) is 13.3. The van der Waals surface area contributed by atoms with Gasteiger partial charge in [-0.15, -0.1) is 0 Å². The van der Waals surface area contributed by atoms with Crippen LogP contribution in [0.5, 0.6) is 5.75 Å². The van der Waals surface area contributed by atoms with Crippen molar-refractivity contribution >= 4 is 11.6 Å². The number of hydrogen-bond donors (Lipinski definition) is 3. The van der Waals surface area contributed by atoms with Gasteiger partial charge in [0.25, 0.3) is 0 Å². The van der Waals surface area contributed by atoms with Crippen molar-refractivity contribution in [3.8, 4) is 5.75 Å². The Kier molecular flexibility index (Phi) is 5.02. The summed E-state index contributed by atoms with van der Waals surface area (Å²) >= 11 is 5.94. The van der Waals surface area contributed by atoms with Crippen LogP contribution in [-0.4, -0.2) is 23.6 Å². The van der Waals surface area contributed by atoms with Gasteiger partial charge in [0.05, 0.1) is 11.2 Å². The third-order valence-corrected chi connectivity index (χ3v) is 2.27. The lowest BCUT2D eigenvalue weighted by Crippen LogP contribution is -2.50. The van der Waals surface area contributed by atoms with Gasteiger partial charge in [0, 0.05) is 0 Å². The zero-order valence-electron chi connectivity index (χ0n) is 9.35. The molecule has 0 amide bonds. The number of aliphatic hydroxyl groups is 1.